The first-order valence-electron chi connectivity index (χ1n) is 5.45. The summed E-state index contributed by atoms with van der Waals surface area (Å²) in [6.07, 6.45) is 0. The Bertz CT molecular complexity index is 584. The molecule has 0 unspecified atom stereocenters. The quantitative estimate of drug-likeness (QED) is 0.840. The molecule has 1 aromatic heterocycles. The van der Waals surface area contributed by atoms with Crippen molar-refractivity contribution in [1.29, 1.82) is 5.26 Å². The number of nitrogens with two attached hydrogens (primary N) is 1. The molecule has 2 rings (SSSR count). The molecule has 0 fully saturated rings. The molecule has 1 heterocycles. The van der Waals surface area contributed by atoms with E-state index in [2.05, 4.69) is 16.3 Å². The van der Waals surface area contributed by atoms with Gasteiger partial charge in [-0.25, -0.2) is 0 Å². The summed E-state index contributed by atoms with van der Waals surface area (Å²) in [6, 6.07) is 9.75. The average Bonchev–Trinajstić information content (AvgIpc) is 2.77. The summed E-state index contributed by atoms with van der Waals surface area (Å²) >= 11 is 1.55. The lowest BCUT2D eigenvalue weighted by molar-refractivity contribution is 0.734. The number of nitrogens with zero attached hydrogens (tertiary/aromatic N) is 4. The Morgan fingerprint density at radius 3 is 2.83 bits per heavy atom. The summed E-state index contributed by atoms with van der Waals surface area (Å²) in [5.41, 5.74) is 7.24. The smallest absolute Gasteiger partial charge is 0.191 e. The van der Waals surface area contributed by atoms with Gasteiger partial charge in [-0.1, -0.05) is 30.0 Å². The number of thioether (sulfide) groups is 1. The first-order valence-corrected chi connectivity index (χ1v) is 6.44. The van der Waals surface area contributed by atoms with Crippen molar-refractivity contribution in [3.63, 3.8) is 0 Å². The van der Waals surface area contributed by atoms with Gasteiger partial charge in [-0.15, -0.1) is 10.2 Å². The number of hydrogen-bond donors (Lipinski definition) is 1. The Hall–Kier alpha value is -1.84. The van der Waals surface area contributed by atoms with Gasteiger partial charge in [0.2, 0.25) is 0 Å². The second-order valence-electron chi connectivity index (χ2n) is 3.72. The maximum atomic E-state index is 9.00. The van der Waals surface area contributed by atoms with Gasteiger partial charge in [-0.3, -0.25) is 0 Å². The van der Waals surface area contributed by atoms with E-state index in [1.807, 2.05) is 35.9 Å². The van der Waals surface area contributed by atoms with E-state index < -0.39 is 0 Å². The molecule has 0 saturated carbocycles. The molecule has 0 aliphatic rings. The topological polar surface area (TPSA) is 80.5 Å². The van der Waals surface area contributed by atoms with Crippen LogP contribution in [0.2, 0.25) is 0 Å². The van der Waals surface area contributed by atoms with Crippen LogP contribution in [-0.2, 0) is 19.3 Å². The van der Waals surface area contributed by atoms with Crippen LogP contribution in [0.3, 0.4) is 0 Å². The van der Waals surface area contributed by atoms with Crippen molar-refractivity contribution in [3.8, 4) is 6.07 Å². The highest BCUT2D eigenvalue weighted by Crippen LogP contribution is 2.22. The van der Waals surface area contributed by atoms with Crippen molar-refractivity contribution in [2.45, 2.75) is 17.5 Å². The molecule has 18 heavy (non-hydrogen) atoms. The number of aromatic nitrogens is 3. The second kappa shape index (κ2) is 5.67. The Morgan fingerprint density at radius 1 is 1.39 bits per heavy atom. The highest BCUT2D eigenvalue weighted by molar-refractivity contribution is 7.98. The molecule has 0 radical (unpaired) electrons. The highest BCUT2D eigenvalue weighted by atomic mass is 32.2. The molecule has 0 bridgehead atoms. The maximum absolute atomic E-state index is 9.00. The number of benzene rings is 1. The predicted molar refractivity (Wildman–Crippen MR) is 69.6 cm³/mol. The van der Waals surface area contributed by atoms with Crippen molar-refractivity contribution in [2.75, 3.05) is 0 Å². The largest absolute Gasteiger partial charge is 0.324 e. The van der Waals surface area contributed by atoms with Gasteiger partial charge in [0.25, 0.3) is 0 Å². The fourth-order valence-corrected chi connectivity index (χ4v) is 2.48. The zero-order valence-electron chi connectivity index (χ0n) is 10.00. The highest BCUT2D eigenvalue weighted by Gasteiger charge is 2.09. The molecule has 5 nitrogen and oxygen atoms in total. The van der Waals surface area contributed by atoms with E-state index in [4.69, 9.17) is 11.0 Å². The van der Waals surface area contributed by atoms with E-state index >= 15 is 0 Å². The van der Waals surface area contributed by atoms with Crippen LogP contribution in [0.15, 0.2) is 29.4 Å². The normalized spacial score (nSPS) is 10.3. The van der Waals surface area contributed by atoms with Gasteiger partial charge in [0, 0.05) is 12.8 Å². The van der Waals surface area contributed by atoms with Crippen LogP contribution in [0.5, 0.6) is 0 Å². The number of nitriles is 1. The van der Waals surface area contributed by atoms with Crippen molar-refractivity contribution >= 4 is 11.8 Å². The minimum atomic E-state index is 0.374. The lowest BCUT2D eigenvalue weighted by Crippen LogP contribution is -2.05. The Morgan fingerprint density at radius 2 is 2.17 bits per heavy atom. The fraction of sp³-hybridized carbons (Fsp3) is 0.250. The van der Waals surface area contributed by atoms with Crippen molar-refractivity contribution in [1.82, 2.24) is 14.8 Å². The van der Waals surface area contributed by atoms with Gasteiger partial charge in [-0.2, -0.15) is 5.26 Å². The standard InChI is InChI=1S/C12H13N5S/c1-17-11(7-14)15-16-12(17)18-8-10-5-3-2-4-9(10)6-13/h2-5H,7-8,14H2,1H3. The van der Waals surface area contributed by atoms with Crippen LogP contribution in [0.4, 0.5) is 0 Å². The third kappa shape index (κ3) is 2.53. The number of hydrogen-bond acceptors (Lipinski definition) is 5. The van der Waals surface area contributed by atoms with Crippen molar-refractivity contribution < 1.29 is 0 Å². The SMILES string of the molecule is Cn1c(CN)nnc1SCc1ccccc1C#N. The van der Waals surface area contributed by atoms with Crippen LogP contribution in [0.1, 0.15) is 17.0 Å². The monoisotopic (exact) mass is 259 g/mol. The second-order valence-corrected chi connectivity index (χ2v) is 4.66. The van der Waals surface area contributed by atoms with Gasteiger partial charge in [0.15, 0.2) is 5.16 Å². The molecule has 0 saturated heterocycles. The number of rotatable bonds is 4. The van der Waals surface area contributed by atoms with E-state index in [0.29, 0.717) is 17.9 Å². The minimum absolute atomic E-state index is 0.374. The molecule has 0 atom stereocenters. The first kappa shape index (κ1) is 12.6. The molecule has 0 aliphatic heterocycles. The molecule has 2 aromatic rings. The molecule has 0 spiro atoms. The molecule has 6 heteroatoms. The third-order valence-electron chi connectivity index (χ3n) is 2.60. The van der Waals surface area contributed by atoms with E-state index in [1.165, 1.54) is 0 Å². The molecule has 92 valence electrons. The Labute approximate surface area is 110 Å². The van der Waals surface area contributed by atoms with Crippen LogP contribution >= 0.6 is 11.8 Å². The molecular weight excluding hydrogens is 246 g/mol. The Kier molecular flexibility index (Phi) is 3.97. The summed E-state index contributed by atoms with van der Waals surface area (Å²) < 4.78 is 1.87. The summed E-state index contributed by atoms with van der Waals surface area (Å²) in [5.74, 6) is 1.45. The molecule has 0 aliphatic carbocycles. The van der Waals surface area contributed by atoms with Gasteiger partial charge in [-0.05, 0) is 11.6 Å². The average molecular weight is 259 g/mol. The van der Waals surface area contributed by atoms with Crippen LogP contribution < -0.4 is 5.73 Å². The van der Waals surface area contributed by atoms with Crippen molar-refractivity contribution in [2.24, 2.45) is 12.8 Å². The van der Waals surface area contributed by atoms with Crippen LogP contribution in [0, 0.1) is 11.3 Å². The lowest BCUT2D eigenvalue weighted by Gasteiger charge is -2.04. The van der Waals surface area contributed by atoms with E-state index in [1.54, 1.807) is 11.8 Å². The predicted octanol–water partition coefficient (Wildman–Crippen LogP) is 1.44. The van der Waals surface area contributed by atoms with Crippen molar-refractivity contribution in [3.05, 3.63) is 41.2 Å². The summed E-state index contributed by atoms with van der Waals surface area (Å²) in [6.45, 7) is 0.374. The molecule has 1 aromatic carbocycles. The van der Waals surface area contributed by atoms with Gasteiger partial charge >= 0.3 is 0 Å². The van der Waals surface area contributed by atoms with E-state index in [9.17, 15) is 0 Å². The zero-order valence-corrected chi connectivity index (χ0v) is 10.8. The third-order valence-corrected chi connectivity index (χ3v) is 3.67. The molecule has 0 amide bonds. The van der Waals surface area contributed by atoms with E-state index in [0.717, 1.165) is 16.5 Å². The van der Waals surface area contributed by atoms with Gasteiger partial charge < -0.3 is 10.3 Å². The first-order chi connectivity index (χ1) is 8.76. The van der Waals surface area contributed by atoms with Crippen LogP contribution in [-0.4, -0.2) is 14.8 Å². The molecular formula is C12H13N5S. The Balaban J connectivity index is 2.12. The summed E-state index contributed by atoms with van der Waals surface area (Å²) in [5, 5.41) is 17.9. The molecule has 2 N–H and O–H groups in total. The van der Waals surface area contributed by atoms with E-state index in [-0.39, 0.29) is 0 Å². The maximum Gasteiger partial charge on any atom is 0.191 e. The summed E-state index contributed by atoms with van der Waals surface area (Å²) in [4.78, 5) is 0. The minimum Gasteiger partial charge on any atom is -0.324 e. The zero-order chi connectivity index (χ0) is 13.0. The fourth-order valence-electron chi connectivity index (χ4n) is 1.55. The summed E-state index contributed by atoms with van der Waals surface area (Å²) in [7, 11) is 1.89. The van der Waals surface area contributed by atoms with Gasteiger partial charge in [0.1, 0.15) is 5.82 Å². The van der Waals surface area contributed by atoms with Crippen LogP contribution in [0.25, 0.3) is 0 Å². The van der Waals surface area contributed by atoms with Gasteiger partial charge in [0.05, 0.1) is 18.2 Å². The lowest BCUT2D eigenvalue weighted by atomic mass is 10.1.